The predicted molar refractivity (Wildman–Crippen MR) is 68.1 cm³/mol. The number of aryl methyl sites for hydroxylation is 1. The molecular formula is C12H15ClFN3. The number of hydrogen-bond donors (Lipinski definition) is 1. The Morgan fingerprint density at radius 3 is 3.06 bits per heavy atom. The summed E-state index contributed by atoms with van der Waals surface area (Å²) < 4.78 is 15.2. The topological polar surface area (TPSA) is 29.9 Å². The first kappa shape index (κ1) is 12.3. The van der Waals surface area contributed by atoms with E-state index in [1.165, 1.54) is 11.8 Å². The Hall–Kier alpha value is -1.13. The van der Waals surface area contributed by atoms with Crippen molar-refractivity contribution >= 4 is 23.4 Å². The number of fused-ring (bicyclic) bond motifs is 1. The summed E-state index contributed by atoms with van der Waals surface area (Å²) in [6.45, 7) is 2.03. The first-order valence-corrected chi connectivity index (χ1v) is 5.57. The van der Waals surface area contributed by atoms with E-state index in [9.17, 15) is 4.39 Å². The number of halogens is 2. The van der Waals surface area contributed by atoms with Crippen LogP contribution in [0.4, 0.5) is 4.39 Å². The third-order valence-corrected chi connectivity index (χ3v) is 3.31. The van der Waals surface area contributed by atoms with Crippen molar-refractivity contribution in [2.24, 2.45) is 7.05 Å². The van der Waals surface area contributed by atoms with Crippen molar-refractivity contribution < 1.29 is 4.39 Å². The second-order valence-electron chi connectivity index (χ2n) is 4.41. The number of rotatable bonds is 1. The molecule has 2 aromatic heterocycles. The van der Waals surface area contributed by atoms with Gasteiger partial charge in [0.15, 0.2) is 0 Å². The zero-order valence-corrected chi connectivity index (χ0v) is 10.4. The van der Waals surface area contributed by atoms with Gasteiger partial charge in [0.2, 0.25) is 0 Å². The van der Waals surface area contributed by atoms with Crippen molar-refractivity contribution in [2.75, 3.05) is 13.1 Å². The maximum Gasteiger partial charge on any atom is 0.142 e. The van der Waals surface area contributed by atoms with Gasteiger partial charge in [-0.25, -0.2) is 9.37 Å². The maximum atomic E-state index is 13.2. The quantitative estimate of drug-likeness (QED) is 0.847. The number of aromatic nitrogens is 2. The lowest BCUT2D eigenvalue weighted by Crippen LogP contribution is -2.07. The van der Waals surface area contributed by atoms with E-state index >= 15 is 0 Å². The SMILES string of the molecule is Cl.Cn1cc(C2CCNC2)c2cc(F)cnc21. The largest absolute Gasteiger partial charge is 0.335 e. The van der Waals surface area contributed by atoms with Crippen LogP contribution < -0.4 is 5.32 Å². The molecule has 0 radical (unpaired) electrons. The third kappa shape index (κ3) is 2.03. The Balaban J connectivity index is 0.00000108. The van der Waals surface area contributed by atoms with Crippen LogP contribution in [0.2, 0.25) is 0 Å². The van der Waals surface area contributed by atoms with Gasteiger partial charge in [-0.2, -0.15) is 0 Å². The second-order valence-corrected chi connectivity index (χ2v) is 4.41. The Morgan fingerprint density at radius 1 is 1.53 bits per heavy atom. The van der Waals surface area contributed by atoms with Gasteiger partial charge in [-0.3, -0.25) is 0 Å². The number of nitrogens with zero attached hydrogens (tertiary/aromatic N) is 2. The van der Waals surface area contributed by atoms with Crippen LogP contribution in [-0.2, 0) is 7.05 Å². The lowest BCUT2D eigenvalue weighted by atomic mass is 9.99. The standard InChI is InChI=1S/C12H14FN3.ClH/c1-16-7-11(8-2-3-14-5-8)10-4-9(13)6-15-12(10)16;/h4,6-8,14H,2-3,5H2,1H3;1H. The number of nitrogens with one attached hydrogen (secondary N) is 1. The first-order chi connectivity index (χ1) is 7.75. The zero-order valence-electron chi connectivity index (χ0n) is 9.61. The van der Waals surface area contributed by atoms with Gasteiger partial charge in [0.1, 0.15) is 11.5 Å². The van der Waals surface area contributed by atoms with Gasteiger partial charge in [0.05, 0.1) is 6.20 Å². The van der Waals surface area contributed by atoms with Crippen molar-refractivity contribution in [2.45, 2.75) is 12.3 Å². The van der Waals surface area contributed by atoms with Crippen molar-refractivity contribution in [3.05, 3.63) is 29.8 Å². The van der Waals surface area contributed by atoms with Crippen molar-refractivity contribution in [1.29, 1.82) is 0 Å². The molecule has 0 spiro atoms. The molecule has 1 N–H and O–H groups in total. The molecule has 17 heavy (non-hydrogen) atoms. The van der Waals surface area contributed by atoms with Crippen LogP contribution in [0.15, 0.2) is 18.5 Å². The van der Waals surface area contributed by atoms with Crippen LogP contribution >= 0.6 is 12.4 Å². The monoisotopic (exact) mass is 255 g/mol. The van der Waals surface area contributed by atoms with E-state index in [-0.39, 0.29) is 18.2 Å². The fourth-order valence-corrected chi connectivity index (χ4v) is 2.51. The fraction of sp³-hybridized carbons (Fsp3) is 0.417. The third-order valence-electron chi connectivity index (χ3n) is 3.31. The average Bonchev–Trinajstić information content (AvgIpc) is 2.86. The smallest absolute Gasteiger partial charge is 0.142 e. The lowest BCUT2D eigenvalue weighted by molar-refractivity contribution is 0.623. The summed E-state index contributed by atoms with van der Waals surface area (Å²) in [6.07, 6.45) is 4.48. The molecule has 1 saturated heterocycles. The molecule has 0 aliphatic carbocycles. The maximum absolute atomic E-state index is 13.2. The molecule has 5 heteroatoms. The summed E-state index contributed by atoms with van der Waals surface area (Å²) >= 11 is 0. The Kier molecular flexibility index (Phi) is 3.35. The van der Waals surface area contributed by atoms with Gasteiger partial charge in [-0.1, -0.05) is 0 Å². The van der Waals surface area contributed by atoms with Gasteiger partial charge in [-0.05, 0) is 30.5 Å². The van der Waals surface area contributed by atoms with Crippen LogP contribution in [0.25, 0.3) is 11.0 Å². The summed E-state index contributed by atoms with van der Waals surface area (Å²) in [4.78, 5) is 4.14. The second kappa shape index (κ2) is 4.63. The molecule has 1 fully saturated rings. The molecule has 0 bridgehead atoms. The molecule has 1 aliphatic heterocycles. The molecule has 2 aromatic rings. The minimum absolute atomic E-state index is 0. The lowest BCUT2D eigenvalue weighted by Gasteiger charge is -2.05. The highest BCUT2D eigenvalue weighted by Crippen LogP contribution is 2.30. The molecule has 0 amide bonds. The number of hydrogen-bond acceptors (Lipinski definition) is 2. The summed E-state index contributed by atoms with van der Waals surface area (Å²) in [5, 5.41) is 4.29. The minimum atomic E-state index is -0.258. The molecule has 0 aromatic carbocycles. The van der Waals surface area contributed by atoms with E-state index in [0.717, 1.165) is 30.5 Å². The van der Waals surface area contributed by atoms with E-state index in [1.54, 1.807) is 6.07 Å². The Bertz CT molecular complexity index is 532. The van der Waals surface area contributed by atoms with Gasteiger partial charge < -0.3 is 9.88 Å². The average molecular weight is 256 g/mol. The van der Waals surface area contributed by atoms with Crippen molar-refractivity contribution in [3.8, 4) is 0 Å². The minimum Gasteiger partial charge on any atom is -0.335 e. The van der Waals surface area contributed by atoms with Crippen LogP contribution in [0.5, 0.6) is 0 Å². The van der Waals surface area contributed by atoms with Crippen molar-refractivity contribution in [1.82, 2.24) is 14.9 Å². The molecule has 1 aliphatic rings. The van der Waals surface area contributed by atoms with E-state index < -0.39 is 0 Å². The molecule has 3 rings (SSSR count). The molecule has 1 unspecified atom stereocenters. The van der Waals surface area contributed by atoms with Gasteiger partial charge in [-0.15, -0.1) is 12.4 Å². The molecule has 1 atom stereocenters. The normalized spacial score (nSPS) is 19.5. The van der Waals surface area contributed by atoms with Gasteiger partial charge in [0, 0.05) is 25.2 Å². The van der Waals surface area contributed by atoms with Crippen LogP contribution in [0.1, 0.15) is 17.9 Å². The predicted octanol–water partition coefficient (Wildman–Crippen LogP) is 2.21. The summed E-state index contributed by atoms with van der Waals surface area (Å²) in [6, 6.07) is 1.59. The van der Waals surface area contributed by atoms with E-state index in [4.69, 9.17) is 0 Å². The molecule has 0 saturated carbocycles. The highest BCUT2D eigenvalue weighted by molar-refractivity contribution is 5.85. The van der Waals surface area contributed by atoms with Crippen LogP contribution in [-0.4, -0.2) is 22.6 Å². The van der Waals surface area contributed by atoms with E-state index in [2.05, 4.69) is 16.5 Å². The molecular weight excluding hydrogens is 241 g/mol. The van der Waals surface area contributed by atoms with Crippen molar-refractivity contribution in [3.63, 3.8) is 0 Å². The molecule has 3 nitrogen and oxygen atoms in total. The molecule has 92 valence electrons. The fourth-order valence-electron chi connectivity index (χ4n) is 2.51. The Labute approximate surface area is 105 Å². The summed E-state index contributed by atoms with van der Waals surface area (Å²) in [5.74, 6) is 0.234. The van der Waals surface area contributed by atoms with Gasteiger partial charge in [0.25, 0.3) is 0 Å². The highest BCUT2D eigenvalue weighted by atomic mass is 35.5. The van der Waals surface area contributed by atoms with Gasteiger partial charge >= 0.3 is 0 Å². The highest BCUT2D eigenvalue weighted by Gasteiger charge is 2.21. The summed E-state index contributed by atoms with van der Waals surface area (Å²) in [5.41, 5.74) is 2.08. The summed E-state index contributed by atoms with van der Waals surface area (Å²) in [7, 11) is 1.96. The number of pyridine rings is 1. The van der Waals surface area contributed by atoms with Crippen LogP contribution in [0, 0.1) is 5.82 Å². The molecule has 3 heterocycles. The van der Waals surface area contributed by atoms with E-state index in [1.807, 2.05) is 11.6 Å². The first-order valence-electron chi connectivity index (χ1n) is 5.57. The van der Waals surface area contributed by atoms with E-state index in [0.29, 0.717) is 5.92 Å². The van der Waals surface area contributed by atoms with Crippen LogP contribution in [0.3, 0.4) is 0 Å². The zero-order chi connectivity index (χ0) is 11.1. The Morgan fingerprint density at radius 2 is 2.35 bits per heavy atom.